The summed E-state index contributed by atoms with van der Waals surface area (Å²) in [4.78, 5) is 22.1. The third-order valence-electron chi connectivity index (χ3n) is 3.48. The van der Waals surface area contributed by atoms with Crippen LogP contribution in [0.5, 0.6) is 0 Å². The number of hydrogen-bond donors (Lipinski definition) is 2. The summed E-state index contributed by atoms with van der Waals surface area (Å²) in [5, 5.41) is 25.6. The normalized spacial score (nSPS) is 17.8. The lowest BCUT2D eigenvalue weighted by Gasteiger charge is -2.22. The lowest BCUT2D eigenvalue weighted by Crippen LogP contribution is -2.32. The summed E-state index contributed by atoms with van der Waals surface area (Å²) in [5.41, 5.74) is 0.247. The van der Waals surface area contributed by atoms with E-state index in [0.29, 0.717) is 18.0 Å². The molecule has 1 fully saturated rings. The molecule has 0 saturated carbocycles. The number of nitrogens with zero attached hydrogens (tertiary/aromatic N) is 2. The van der Waals surface area contributed by atoms with Crippen molar-refractivity contribution in [3.05, 3.63) is 33.9 Å². The van der Waals surface area contributed by atoms with Crippen molar-refractivity contribution in [2.24, 2.45) is 5.92 Å². The van der Waals surface area contributed by atoms with Crippen LogP contribution in [0.25, 0.3) is 0 Å². The van der Waals surface area contributed by atoms with E-state index in [1.807, 2.05) is 6.07 Å². The number of nitrogens with one attached hydrogen (secondary N) is 2. The number of carbonyl (C=O) groups is 1. The van der Waals surface area contributed by atoms with Gasteiger partial charge < -0.3 is 10.6 Å². The van der Waals surface area contributed by atoms with E-state index in [1.165, 1.54) is 12.1 Å². The molecule has 1 aliphatic heterocycles. The topological polar surface area (TPSA) is 108 Å². The smallest absolute Gasteiger partial charge is 0.270 e. The number of nitro groups is 1. The van der Waals surface area contributed by atoms with Gasteiger partial charge in [-0.1, -0.05) is 0 Å². The van der Waals surface area contributed by atoms with Gasteiger partial charge in [0.2, 0.25) is 5.91 Å². The third-order valence-corrected chi connectivity index (χ3v) is 3.48. The van der Waals surface area contributed by atoms with Crippen molar-refractivity contribution < 1.29 is 9.72 Å². The Morgan fingerprint density at radius 2 is 2.38 bits per heavy atom. The molecule has 7 nitrogen and oxygen atoms in total. The van der Waals surface area contributed by atoms with E-state index in [9.17, 15) is 14.9 Å². The fraction of sp³-hybridized carbons (Fsp3) is 0.429. The Labute approximate surface area is 122 Å². The van der Waals surface area contributed by atoms with Gasteiger partial charge in [0.05, 0.1) is 16.2 Å². The van der Waals surface area contributed by atoms with Crippen molar-refractivity contribution in [3.8, 4) is 6.07 Å². The quantitative estimate of drug-likeness (QED) is 0.648. The molecule has 1 amide bonds. The first-order chi connectivity index (χ1) is 10.1. The average Bonchev–Trinajstić information content (AvgIpc) is 2.48. The second-order valence-electron chi connectivity index (χ2n) is 5.06. The summed E-state index contributed by atoms with van der Waals surface area (Å²) in [6.07, 6.45) is 2.44. The van der Waals surface area contributed by atoms with Gasteiger partial charge in [0, 0.05) is 18.6 Å². The summed E-state index contributed by atoms with van der Waals surface area (Å²) in [5.74, 6) is 0.122. The molecule has 0 radical (unpaired) electrons. The molecule has 7 heteroatoms. The van der Waals surface area contributed by atoms with Gasteiger partial charge >= 0.3 is 0 Å². The van der Waals surface area contributed by atoms with Gasteiger partial charge in [-0.2, -0.15) is 5.26 Å². The van der Waals surface area contributed by atoms with E-state index in [1.54, 1.807) is 0 Å². The Morgan fingerprint density at radius 1 is 1.57 bits per heavy atom. The molecule has 0 aliphatic carbocycles. The molecular formula is C14H16N4O3. The number of non-ortho nitro benzene ring substituents is 1. The molecule has 0 spiro atoms. The number of rotatable bonds is 4. The monoisotopic (exact) mass is 288 g/mol. The van der Waals surface area contributed by atoms with E-state index in [4.69, 9.17) is 5.26 Å². The number of carbonyl (C=O) groups excluding carboxylic acids is 1. The molecule has 1 aromatic rings. The van der Waals surface area contributed by atoms with Crippen LogP contribution in [-0.4, -0.2) is 23.9 Å². The molecule has 1 aliphatic rings. The first kappa shape index (κ1) is 14.9. The van der Waals surface area contributed by atoms with E-state index >= 15 is 0 Å². The summed E-state index contributed by atoms with van der Waals surface area (Å²) >= 11 is 0. The van der Waals surface area contributed by atoms with Crippen LogP contribution in [0.4, 0.5) is 11.4 Å². The highest BCUT2D eigenvalue weighted by Gasteiger charge is 2.18. The van der Waals surface area contributed by atoms with Crippen LogP contribution in [0.15, 0.2) is 18.2 Å². The Bertz CT molecular complexity index is 588. The molecular weight excluding hydrogens is 272 g/mol. The van der Waals surface area contributed by atoms with Gasteiger partial charge in [0.25, 0.3) is 5.69 Å². The van der Waals surface area contributed by atoms with E-state index < -0.39 is 4.92 Å². The number of hydrogen-bond acceptors (Lipinski definition) is 5. The maximum Gasteiger partial charge on any atom is 0.270 e. The Kier molecular flexibility index (Phi) is 4.85. The maximum absolute atomic E-state index is 12.0. The van der Waals surface area contributed by atoms with Crippen LogP contribution >= 0.6 is 0 Å². The predicted molar refractivity (Wildman–Crippen MR) is 76.7 cm³/mol. The highest BCUT2D eigenvalue weighted by Crippen LogP contribution is 2.22. The minimum atomic E-state index is -0.569. The number of amides is 1. The Balaban J connectivity index is 2.03. The molecule has 21 heavy (non-hydrogen) atoms. The number of anilines is 1. The highest BCUT2D eigenvalue weighted by atomic mass is 16.6. The van der Waals surface area contributed by atoms with Crippen LogP contribution < -0.4 is 10.6 Å². The van der Waals surface area contributed by atoms with Gasteiger partial charge in [0.1, 0.15) is 6.07 Å². The summed E-state index contributed by atoms with van der Waals surface area (Å²) in [6, 6.07) is 5.71. The van der Waals surface area contributed by atoms with E-state index in [0.717, 1.165) is 32.0 Å². The van der Waals surface area contributed by atoms with Crippen molar-refractivity contribution in [1.82, 2.24) is 5.32 Å². The third kappa shape index (κ3) is 4.00. The zero-order chi connectivity index (χ0) is 15.2. The predicted octanol–water partition coefficient (Wildman–Crippen LogP) is 1.79. The number of nitro benzene ring substituents is 1. The highest BCUT2D eigenvalue weighted by molar-refractivity contribution is 5.92. The second-order valence-corrected chi connectivity index (χ2v) is 5.06. The van der Waals surface area contributed by atoms with Crippen molar-refractivity contribution in [3.63, 3.8) is 0 Å². The summed E-state index contributed by atoms with van der Waals surface area (Å²) in [7, 11) is 0. The molecule has 0 aromatic heterocycles. The lowest BCUT2D eigenvalue weighted by atomic mass is 9.96. The zero-order valence-electron chi connectivity index (χ0n) is 11.5. The fourth-order valence-corrected chi connectivity index (χ4v) is 2.41. The van der Waals surface area contributed by atoms with Gasteiger partial charge in [-0.25, -0.2) is 0 Å². The minimum Gasteiger partial charge on any atom is -0.325 e. The van der Waals surface area contributed by atoms with Crippen LogP contribution in [0, 0.1) is 27.4 Å². The molecule has 2 N–H and O–H groups in total. The lowest BCUT2D eigenvalue weighted by molar-refractivity contribution is -0.384. The average molecular weight is 288 g/mol. The summed E-state index contributed by atoms with van der Waals surface area (Å²) < 4.78 is 0. The number of nitriles is 1. The van der Waals surface area contributed by atoms with Gasteiger partial charge in [-0.15, -0.1) is 0 Å². The SMILES string of the molecule is N#Cc1cc([N+](=O)[O-])ccc1NC(=O)CC1CCCNC1. The van der Waals surface area contributed by atoms with Crippen LogP contribution in [0.1, 0.15) is 24.8 Å². The van der Waals surface area contributed by atoms with Crippen molar-refractivity contribution in [2.45, 2.75) is 19.3 Å². The minimum absolute atomic E-state index is 0.0966. The molecule has 1 atom stereocenters. The maximum atomic E-state index is 12.0. The first-order valence-corrected chi connectivity index (χ1v) is 6.79. The van der Waals surface area contributed by atoms with Crippen LogP contribution in [-0.2, 0) is 4.79 Å². The summed E-state index contributed by atoms with van der Waals surface area (Å²) in [6.45, 7) is 1.80. The van der Waals surface area contributed by atoms with Crippen molar-refractivity contribution in [2.75, 3.05) is 18.4 Å². The van der Waals surface area contributed by atoms with Crippen molar-refractivity contribution >= 4 is 17.3 Å². The molecule has 1 aromatic carbocycles. The van der Waals surface area contributed by atoms with E-state index in [-0.39, 0.29) is 17.2 Å². The molecule has 0 bridgehead atoms. The first-order valence-electron chi connectivity index (χ1n) is 6.79. The zero-order valence-corrected chi connectivity index (χ0v) is 11.5. The largest absolute Gasteiger partial charge is 0.325 e. The molecule has 1 heterocycles. The van der Waals surface area contributed by atoms with Crippen LogP contribution in [0.3, 0.4) is 0 Å². The van der Waals surface area contributed by atoms with E-state index in [2.05, 4.69) is 10.6 Å². The van der Waals surface area contributed by atoms with Gasteiger partial charge in [-0.05, 0) is 37.9 Å². The molecule has 110 valence electrons. The standard InChI is InChI=1S/C14H16N4O3/c15-8-11-7-12(18(20)21)3-4-13(11)17-14(19)6-10-2-1-5-16-9-10/h3-4,7,10,16H,1-2,5-6,9H2,(H,17,19). The molecule has 2 rings (SSSR count). The van der Waals surface area contributed by atoms with Gasteiger partial charge in [0.15, 0.2) is 0 Å². The Hall–Kier alpha value is -2.46. The van der Waals surface area contributed by atoms with Crippen LogP contribution in [0.2, 0.25) is 0 Å². The fourth-order valence-electron chi connectivity index (χ4n) is 2.41. The van der Waals surface area contributed by atoms with Crippen molar-refractivity contribution in [1.29, 1.82) is 5.26 Å². The number of piperidine rings is 1. The van der Waals surface area contributed by atoms with Gasteiger partial charge in [-0.3, -0.25) is 14.9 Å². The Morgan fingerprint density at radius 3 is 3.00 bits per heavy atom. The second kappa shape index (κ2) is 6.81. The number of benzene rings is 1. The molecule has 1 unspecified atom stereocenters. The molecule has 1 saturated heterocycles.